The lowest BCUT2D eigenvalue weighted by atomic mass is 10.0. The van der Waals surface area contributed by atoms with E-state index in [2.05, 4.69) is 97.7 Å². The van der Waals surface area contributed by atoms with E-state index in [9.17, 15) is 102 Å². The maximum absolute atomic E-state index is 13.9. The quantitative estimate of drug-likeness (QED) is 0.0127. The standard InChI is InChI=1S/C66H103N23O21S/c1-31(2)22-39(67)57(103)86-43(23-35-10-14-37(91)15-11-35)61(107)84-40(8-6-20-74-65(70)71)58(104)80-33(4)55(101)78-28-50(95)79-32(3)54(100)77-26-49(94)76-27-51(96)82-45(25-48(68)93)63(109)89-47(30-111)64(110)85-41(9-7-21-75-66(72)73)59(105)81-34(5)56(102)83-42(18-19-52(97)98)60(106)87-44(24-36-12-16-38(92)17-13-36)62(108)88-46(29-90)53(69)99/h10-17,31-34,39-47,90-92,111H,6-9,18-30,67H2,1-5H3,(H2,68,93)(H2,69,99)(H,76,94)(H,77,100)(H,78,101)(H,79,95)(H,80,104)(H,81,105)(H,82,96)(H,83,102)(H,84,107)(H,85,110)(H,86,103)(H,87,106)(H,88,108)(H,89,109)(H,97,98)(H4,70,71,74)(H4,72,73,75)/t32-,33-,34-,39-,40-,41-,42-,43-,44-,45-,46-,47-/m0/s1. The number of primary amides is 2. The average molecular weight is 1590 g/mol. The molecule has 0 radical (unpaired) electrons. The number of guanidine groups is 2. The van der Waals surface area contributed by atoms with Gasteiger partial charge in [-0.05, 0) is 101 Å². The van der Waals surface area contributed by atoms with E-state index in [0.717, 1.165) is 6.92 Å². The number of phenols is 2. The second-order valence-electron chi connectivity index (χ2n) is 25.8. The third-order valence-electron chi connectivity index (χ3n) is 15.9. The van der Waals surface area contributed by atoms with E-state index in [1.165, 1.54) is 62.4 Å². The normalized spacial score (nSPS) is 14.1. The molecule has 32 N–H and O–H groups in total. The number of thiol groups is 1. The van der Waals surface area contributed by atoms with Crippen molar-refractivity contribution < 1.29 is 102 Å². The molecule has 45 heteroatoms. The Balaban J connectivity index is 2.10. The first-order valence-corrected chi connectivity index (χ1v) is 35.4. The molecule has 0 unspecified atom stereocenters. The van der Waals surface area contributed by atoms with Crippen LogP contribution in [0.1, 0.15) is 97.1 Å². The van der Waals surface area contributed by atoms with Crippen LogP contribution in [0.3, 0.4) is 0 Å². The smallest absolute Gasteiger partial charge is 0.303 e. The molecule has 44 nitrogen and oxygen atoms in total. The minimum Gasteiger partial charge on any atom is -0.508 e. The van der Waals surface area contributed by atoms with Crippen LogP contribution in [-0.4, -0.2) is 250 Å². The van der Waals surface area contributed by atoms with Crippen molar-refractivity contribution in [2.45, 2.75) is 171 Å². The number of rotatable bonds is 50. The molecule has 0 aromatic heterocycles. The number of benzene rings is 2. The Morgan fingerprint density at radius 1 is 0.414 bits per heavy atom. The Kier molecular flexibility index (Phi) is 41.9. The topological polar surface area (TPSA) is 741 Å². The monoisotopic (exact) mass is 1590 g/mol. The van der Waals surface area contributed by atoms with Crippen molar-refractivity contribution in [3.63, 3.8) is 0 Å². The zero-order chi connectivity index (χ0) is 83.8. The van der Waals surface area contributed by atoms with Crippen LogP contribution >= 0.6 is 12.6 Å². The second kappa shape index (κ2) is 49.0. The van der Waals surface area contributed by atoms with Gasteiger partial charge in [-0.15, -0.1) is 0 Å². The molecule has 0 saturated heterocycles. The third-order valence-corrected chi connectivity index (χ3v) is 16.2. The summed E-state index contributed by atoms with van der Waals surface area (Å²) in [7, 11) is 0. The summed E-state index contributed by atoms with van der Waals surface area (Å²) in [6, 6.07) is -6.72. The van der Waals surface area contributed by atoms with Crippen molar-refractivity contribution in [3.8, 4) is 11.5 Å². The maximum Gasteiger partial charge on any atom is 0.303 e. The third kappa shape index (κ3) is 38.0. The zero-order valence-corrected chi connectivity index (χ0v) is 62.6. The summed E-state index contributed by atoms with van der Waals surface area (Å²) in [5.41, 5.74) is 28.4. The largest absolute Gasteiger partial charge is 0.508 e. The highest BCUT2D eigenvalue weighted by atomic mass is 32.1. The summed E-state index contributed by atoms with van der Waals surface area (Å²) in [6.07, 6.45) is -2.47. The molecule has 0 aliphatic carbocycles. The fourth-order valence-electron chi connectivity index (χ4n) is 9.89. The molecular formula is C66H103N23O21S. The molecule has 0 heterocycles. The molecule has 0 spiro atoms. The number of aliphatic hydroxyl groups is 1. The number of aromatic hydroxyl groups is 2. The Morgan fingerprint density at radius 2 is 0.775 bits per heavy atom. The van der Waals surface area contributed by atoms with E-state index in [1.54, 1.807) is 0 Å². The van der Waals surface area contributed by atoms with Crippen molar-refractivity contribution in [2.24, 2.45) is 34.6 Å². The van der Waals surface area contributed by atoms with Gasteiger partial charge in [0.05, 0.1) is 38.7 Å². The summed E-state index contributed by atoms with van der Waals surface area (Å²) < 4.78 is 0. The first-order valence-electron chi connectivity index (χ1n) is 34.8. The fraction of sp³-hybridized carbons (Fsp3) is 0.530. The van der Waals surface area contributed by atoms with E-state index >= 15 is 0 Å². The Bertz CT molecular complexity index is 3610. The van der Waals surface area contributed by atoms with Gasteiger partial charge >= 0.3 is 5.97 Å². The van der Waals surface area contributed by atoms with Crippen LogP contribution in [0.25, 0.3) is 0 Å². The summed E-state index contributed by atoms with van der Waals surface area (Å²) in [6.45, 7) is 4.03. The molecule has 0 fully saturated rings. The van der Waals surface area contributed by atoms with Crippen LogP contribution in [0, 0.1) is 16.7 Å². The number of hydrogen-bond donors (Lipinski definition) is 28. The Labute approximate surface area is 642 Å². The number of carboxylic acid groups (broad SMARTS) is 1. The van der Waals surface area contributed by atoms with Crippen LogP contribution in [0.2, 0.25) is 0 Å². The number of aliphatic hydroxyl groups excluding tert-OH is 1. The van der Waals surface area contributed by atoms with Crippen molar-refractivity contribution in [1.82, 2.24) is 85.1 Å². The van der Waals surface area contributed by atoms with Gasteiger partial charge in [-0.3, -0.25) is 92.3 Å². The van der Waals surface area contributed by atoms with Gasteiger partial charge in [0.15, 0.2) is 11.9 Å². The maximum atomic E-state index is 13.9. The molecule has 2 aromatic rings. The predicted molar refractivity (Wildman–Crippen MR) is 397 cm³/mol. The molecule has 12 atom stereocenters. The molecular weight excluding hydrogens is 1480 g/mol. The zero-order valence-electron chi connectivity index (χ0n) is 61.7. The highest BCUT2D eigenvalue weighted by molar-refractivity contribution is 7.80. The van der Waals surface area contributed by atoms with Crippen molar-refractivity contribution in [1.29, 1.82) is 10.8 Å². The van der Waals surface area contributed by atoms with E-state index < -0.39 is 230 Å². The number of carboxylic acids is 1. The van der Waals surface area contributed by atoms with Crippen molar-refractivity contribution in [3.05, 3.63) is 59.7 Å². The lowest BCUT2D eigenvalue weighted by molar-refractivity contribution is -0.138. The van der Waals surface area contributed by atoms with Gasteiger partial charge in [-0.25, -0.2) is 0 Å². The molecule has 0 saturated carbocycles. The van der Waals surface area contributed by atoms with Gasteiger partial charge in [0, 0.05) is 38.1 Å². The number of nitrogens with two attached hydrogens (primary N) is 5. The number of amides is 16. The summed E-state index contributed by atoms with van der Waals surface area (Å²) in [4.78, 5) is 224. The number of phenolic OH excluding ortho intramolecular Hbond substituents is 2. The lowest BCUT2D eigenvalue weighted by Gasteiger charge is -2.26. The van der Waals surface area contributed by atoms with Gasteiger partial charge in [-0.1, -0.05) is 38.1 Å². The van der Waals surface area contributed by atoms with Crippen LogP contribution in [-0.2, 0) is 94.3 Å². The van der Waals surface area contributed by atoms with Crippen LogP contribution in [0.15, 0.2) is 48.5 Å². The fourth-order valence-corrected chi connectivity index (χ4v) is 10.2. The molecule has 16 amide bonds. The number of carbonyl (C=O) groups is 17. The van der Waals surface area contributed by atoms with Gasteiger partial charge in [0.25, 0.3) is 0 Å². The first kappa shape index (κ1) is 94.9. The van der Waals surface area contributed by atoms with Crippen molar-refractivity contribution >= 4 is 125 Å². The van der Waals surface area contributed by atoms with Crippen LogP contribution in [0.4, 0.5) is 0 Å². The molecule has 111 heavy (non-hydrogen) atoms. The molecule has 614 valence electrons. The van der Waals surface area contributed by atoms with E-state index in [-0.39, 0.29) is 81.4 Å². The molecule has 0 aliphatic rings. The summed E-state index contributed by atoms with van der Waals surface area (Å²) >= 11 is 4.13. The van der Waals surface area contributed by atoms with Gasteiger partial charge in [0.1, 0.15) is 78.0 Å². The molecule has 0 aliphatic heterocycles. The van der Waals surface area contributed by atoms with Crippen molar-refractivity contribution in [2.75, 3.05) is 45.1 Å². The van der Waals surface area contributed by atoms with Crippen LogP contribution < -0.4 is 114 Å². The molecule has 2 rings (SSSR count). The van der Waals surface area contributed by atoms with Gasteiger partial charge < -0.3 is 134 Å². The second-order valence-corrected chi connectivity index (χ2v) is 26.2. The Hall–Kier alpha value is -12.2. The Morgan fingerprint density at radius 3 is 1.21 bits per heavy atom. The number of nitrogens with one attached hydrogen (secondary N) is 18. The lowest BCUT2D eigenvalue weighted by Crippen LogP contribution is -2.60. The minimum atomic E-state index is -1.83. The SMILES string of the molecule is CC(C)C[C@H](N)C(=O)N[C@@H](Cc1ccc(O)cc1)C(=O)N[C@@H](CCCNC(=N)N)C(=O)N[C@@H](C)C(=O)NCC(=O)N[C@@H](C)C(=O)NCC(=O)NCC(=O)N[C@@H](CC(N)=O)C(=O)N[C@@H](CS)C(=O)N[C@@H](CCCNC(=N)N)C(=O)N[C@@H](C)C(=O)N[C@@H](CCC(=O)O)C(=O)N[C@@H](Cc1ccc(O)cc1)C(=O)N[C@@H](CO)C(N)=O. The molecule has 0 bridgehead atoms. The minimum absolute atomic E-state index is 0.00360. The van der Waals surface area contributed by atoms with Gasteiger partial charge in [0.2, 0.25) is 94.5 Å². The van der Waals surface area contributed by atoms with E-state index in [4.69, 9.17) is 39.5 Å². The highest BCUT2D eigenvalue weighted by Crippen LogP contribution is 2.15. The number of hydrogen-bond acceptors (Lipinski definition) is 24. The predicted octanol–water partition coefficient (Wildman–Crippen LogP) is -10.3. The summed E-state index contributed by atoms with van der Waals surface area (Å²) in [5, 5.41) is 91.4. The van der Waals surface area contributed by atoms with Crippen LogP contribution in [0.5, 0.6) is 11.5 Å². The molecule has 2 aromatic carbocycles. The average Bonchev–Trinajstić information content (AvgIpc) is 0.865. The summed E-state index contributed by atoms with van der Waals surface area (Å²) in [5.74, 6) is -19.0. The van der Waals surface area contributed by atoms with E-state index in [1.807, 2.05) is 13.8 Å². The number of carbonyl (C=O) groups excluding carboxylic acids is 16. The number of aliphatic carboxylic acids is 1. The van der Waals surface area contributed by atoms with Gasteiger partial charge in [-0.2, -0.15) is 12.6 Å². The highest BCUT2D eigenvalue weighted by Gasteiger charge is 2.36. The first-order chi connectivity index (χ1) is 52.1. The van der Waals surface area contributed by atoms with E-state index in [0.29, 0.717) is 11.1 Å².